The summed E-state index contributed by atoms with van der Waals surface area (Å²) in [6, 6.07) is 0. The first-order valence-electron chi connectivity index (χ1n) is 5.96. The van der Waals surface area contributed by atoms with Gasteiger partial charge in [-0.25, -0.2) is 0 Å². The number of carbonyl (C=O) groups excluding carboxylic acids is 1. The molecule has 0 fully saturated rings. The molecule has 0 saturated heterocycles. The third kappa shape index (κ3) is 3.06. The molecule has 1 aliphatic rings. The molecule has 1 heterocycles. The third-order valence-electron chi connectivity index (χ3n) is 2.72. The van der Waals surface area contributed by atoms with Gasteiger partial charge in [0.2, 0.25) is 0 Å². The van der Waals surface area contributed by atoms with E-state index < -0.39 is 0 Å². The predicted octanol–water partition coefficient (Wildman–Crippen LogP) is 2.50. The van der Waals surface area contributed by atoms with Gasteiger partial charge in [0, 0.05) is 23.9 Å². The normalized spacial score (nSPS) is 19.5. The van der Waals surface area contributed by atoms with Crippen molar-refractivity contribution < 1.29 is 4.79 Å². The Hall–Kier alpha value is -0.860. The fraction of sp³-hybridized carbons (Fsp3) is 0.846. The van der Waals surface area contributed by atoms with Crippen molar-refractivity contribution in [2.75, 3.05) is 13.1 Å². The Labute approximate surface area is 98.9 Å². The maximum atomic E-state index is 11.7. The van der Waals surface area contributed by atoms with E-state index in [1.54, 1.807) is 0 Å². The molecule has 3 nitrogen and oxygen atoms in total. The summed E-state index contributed by atoms with van der Waals surface area (Å²) in [4.78, 5) is 18.5. The van der Waals surface area contributed by atoms with Crippen LogP contribution in [-0.4, -0.2) is 35.1 Å². The molecule has 0 aliphatic carbocycles. The van der Waals surface area contributed by atoms with Gasteiger partial charge in [-0.1, -0.05) is 20.8 Å². The topological polar surface area (TPSA) is 32.7 Å². The molecule has 0 aromatic heterocycles. The van der Waals surface area contributed by atoms with Crippen LogP contribution in [0.3, 0.4) is 0 Å². The number of amidine groups is 1. The van der Waals surface area contributed by atoms with Crippen LogP contribution in [0.15, 0.2) is 4.99 Å². The summed E-state index contributed by atoms with van der Waals surface area (Å²) in [5.41, 5.74) is -0.0516. The van der Waals surface area contributed by atoms with Crippen LogP contribution in [0.1, 0.15) is 48.0 Å². The van der Waals surface area contributed by atoms with Gasteiger partial charge in [-0.2, -0.15) is 0 Å². The monoisotopic (exact) mass is 224 g/mol. The van der Waals surface area contributed by atoms with Crippen LogP contribution >= 0.6 is 0 Å². The molecule has 0 saturated carbocycles. The summed E-state index contributed by atoms with van der Waals surface area (Å²) in [6.45, 7) is 14.0. The second-order valence-corrected chi connectivity index (χ2v) is 6.50. The molecule has 0 unspecified atom stereocenters. The van der Waals surface area contributed by atoms with Gasteiger partial charge in [0.25, 0.3) is 0 Å². The zero-order valence-electron chi connectivity index (χ0n) is 11.4. The highest BCUT2D eigenvalue weighted by molar-refractivity contribution is 5.93. The highest BCUT2D eigenvalue weighted by Gasteiger charge is 2.34. The lowest BCUT2D eigenvalue weighted by molar-refractivity contribution is -0.119. The van der Waals surface area contributed by atoms with Crippen molar-refractivity contribution in [2.45, 2.75) is 53.5 Å². The molecule has 1 aliphatic heterocycles. The zero-order valence-corrected chi connectivity index (χ0v) is 11.4. The first kappa shape index (κ1) is 13.2. The largest absolute Gasteiger partial charge is 0.348 e. The Morgan fingerprint density at radius 1 is 1.12 bits per heavy atom. The van der Waals surface area contributed by atoms with Crippen LogP contribution in [0.5, 0.6) is 0 Å². The maximum Gasteiger partial charge on any atom is 0.154 e. The average Bonchev–Trinajstić information content (AvgIpc) is 2.23. The van der Waals surface area contributed by atoms with Crippen molar-refractivity contribution in [3.8, 4) is 0 Å². The first-order chi connectivity index (χ1) is 7.12. The molecule has 16 heavy (non-hydrogen) atoms. The van der Waals surface area contributed by atoms with E-state index in [9.17, 15) is 4.79 Å². The fourth-order valence-electron chi connectivity index (χ4n) is 1.90. The number of hydrogen-bond donors (Lipinski definition) is 0. The first-order valence-corrected chi connectivity index (χ1v) is 5.96. The lowest BCUT2D eigenvalue weighted by Crippen LogP contribution is -2.51. The van der Waals surface area contributed by atoms with Crippen molar-refractivity contribution in [3.05, 3.63) is 0 Å². The number of Topliss-reactive ketones (excluding diaryl/α,β-unsaturated/α-hetero) is 1. The van der Waals surface area contributed by atoms with E-state index in [0.29, 0.717) is 19.5 Å². The van der Waals surface area contributed by atoms with Crippen LogP contribution in [-0.2, 0) is 4.79 Å². The van der Waals surface area contributed by atoms with Crippen molar-refractivity contribution in [3.63, 3.8) is 0 Å². The summed E-state index contributed by atoms with van der Waals surface area (Å²) in [7, 11) is 0. The van der Waals surface area contributed by atoms with Gasteiger partial charge >= 0.3 is 0 Å². The van der Waals surface area contributed by atoms with Crippen LogP contribution in [0, 0.1) is 5.41 Å². The van der Waals surface area contributed by atoms with E-state index in [1.807, 2.05) is 0 Å². The molecule has 0 spiro atoms. The highest BCUT2D eigenvalue weighted by atomic mass is 16.1. The fourth-order valence-corrected chi connectivity index (χ4v) is 1.90. The SMILES string of the molecule is CC(C)(C)C1=NCCC(=O)CN1C(C)(C)C. The number of aliphatic imine (C=N–C) groups is 1. The van der Waals surface area contributed by atoms with Crippen LogP contribution in [0.2, 0.25) is 0 Å². The molecule has 0 amide bonds. The molecule has 0 bridgehead atoms. The number of hydrogen-bond acceptors (Lipinski definition) is 3. The van der Waals surface area contributed by atoms with Crippen LogP contribution in [0.4, 0.5) is 0 Å². The maximum absolute atomic E-state index is 11.7. The number of carbonyl (C=O) groups is 1. The summed E-state index contributed by atoms with van der Waals surface area (Å²) in [6.07, 6.45) is 0.576. The van der Waals surface area contributed by atoms with Crippen LogP contribution < -0.4 is 0 Å². The summed E-state index contributed by atoms with van der Waals surface area (Å²) < 4.78 is 0. The van der Waals surface area contributed by atoms with Gasteiger partial charge in [0.15, 0.2) is 5.78 Å². The lowest BCUT2D eigenvalue weighted by atomic mass is 9.91. The molecule has 0 atom stereocenters. The second kappa shape index (κ2) is 4.19. The molecular formula is C13H24N2O. The molecule has 92 valence electrons. The number of nitrogens with zero attached hydrogens (tertiary/aromatic N) is 2. The van der Waals surface area contributed by atoms with Crippen molar-refractivity contribution in [1.82, 2.24) is 4.90 Å². The lowest BCUT2D eigenvalue weighted by Gasteiger charge is -2.41. The Morgan fingerprint density at radius 3 is 2.12 bits per heavy atom. The minimum Gasteiger partial charge on any atom is -0.348 e. The minimum atomic E-state index is -0.0495. The molecular weight excluding hydrogens is 200 g/mol. The Balaban J connectivity index is 3.10. The zero-order chi connectivity index (χ0) is 12.6. The summed E-state index contributed by atoms with van der Waals surface area (Å²) in [5.74, 6) is 1.35. The molecule has 0 aromatic carbocycles. The molecule has 1 rings (SSSR count). The Morgan fingerprint density at radius 2 is 1.69 bits per heavy atom. The summed E-state index contributed by atoms with van der Waals surface area (Å²) in [5, 5.41) is 0. The van der Waals surface area contributed by atoms with E-state index in [1.165, 1.54) is 0 Å². The Kier molecular flexibility index (Phi) is 3.46. The highest BCUT2D eigenvalue weighted by Crippen LogP contribution is 2.26. The van der Waals surface area contributed by atoms with E-state index in [-0.39, 0.29) is 16.7 Å². The molecule has 0 aromatic rings. The van der Waals surface area contributed by atoms with Gasteiger partial charge in [0.1, 0.15) is 5.84 Å². The van der Waals surface area contributed by atoms with E-state index in [2.05, 4.69) is 51.4 Å². The van der Waals surface area contributed by atoms with Gasteiger partial charge in [-0.3, -0.25) is 9.79 Å². The van der Waals surface area contributed by atoms with Gasteiger partial charge in [-0.15, -0.1) is 0 Å². The van der Waals surface area contributed by atoms with E-state index in [0.717, 1.165) is 5.84 Å². The quantitative estimate of drug-likeness (QED) is 0.633. The molecule has 3 heteroatoms. The minimum absolute atomic E-state index is 0.00208. The Bertz CT molecular complexity index is 305. The molecule has 0 N–H and O–H groups in total. The number of ketones is 1. The number of rotatable bonds is 0. The molecule has 0 radical (unpaired) electrons. The van der Waals surface area contributed by atoms with E-state index in [4.69, 9.17) is 0 Å². The average molecular weight is 224 g/mol. The smallest absolute Gasteiger partial charge is 0.154 e. The van der Waals surface area contributed by atoms with Crippen molar-refractivity contribution in [2.24, 2.45) is 10.4 Å². The van der Waals surface area contributed by atoms with Gasteiger partial charge in [0.05, 0.1) is 6.54 Å². The standard InChI is InChI=1S/C13H24N2O/c1-12(2,3)11-14-8-7-10(16)9-15(11)13(4,5)6/h7-9H2,1-6H3. The van der Waals surface area contributed by atoms with Crippen molar-refractivity contribution in [1.29, 1.82) is 0 Å². The van der Waals surface area contributed by atoms with Gasteiger partial charge < -0.3 is 4.90 Å². The van der Waals surface area contributed by atoms with Crippen molar-refractivity contribution >= 4 is 11.6 Å². The second-order valence-electron chi connectivity index (χ2n) is 6.50. The predicted molar refractivity (Wildman–Crippen MR) is 67.8 cm³/mol. The van der Waals surface area contributed by atoms with Gasteiger partial charge in [-0.05, 0) is 20.8 Å². The van der Waals surface area contributed by atoms with E-state index >= 15 is 0 Å². The summed E-state index contributed by atoms with van der Waals surface area (Å²) >= 11 is 0. The van der Waals surface area contributed by atoms with Crippen LogP contribution in [0.25, 0.3) is 0 Å². The third-order valence-corrected chi connectivity index (χ3v) is 2.72.